The van der Waals surface area contributed by atoms with E-state index in [0.717, 1.165) is 6.42 Å². The van der Waals surface area contributed by atoms with Gasteiger partial charge in [-0.3, -0.25) is 0 Å². The third-order valence-corrected chi connectivity index (χ3v) is 2.69. The van der Waals surface area contributed by atoms with E-state index in [1.165, 1.54) is 24.0 Å². The van der Waals surface area contributed by atoms with Crippen LogP contribution < -0.4 is 0 Å². The highest BCUT2D eigenvalue weighted by Crippen LogP contribution is 2.33. The summed E-state index contributed by atoms with van der Waals surface area (Å²) in [6.45, 7) is 2.09. The summed E-state index contributed by atoms with van der Waals surface area (Å²) >= 11 is 0. The summed E-state index contributed by atoms with van der Waals surface area (Å²) < 4.78 is 0. The Labute approximate surface area is 79.4 Å². The minimum Gasteiger partial charge on any atom is -0.392 e. The first kappa shape index (κ1) is 8.76. The molecule has 1 heteroatoms. The highest BCUT2D eigenvalue weighted by molar-refractivity contribution is 5.23. The molecule has 1 aliphatic rings. The maximum Gasteiger partial charge on any atom is 0.0608 e. The zero-order chi connectivity index (χ0) is 9.26. The van der Waals surface area contributed by atoms with Gasteiger partial charge in [-0.05, 0) is 37.7 Å². The molecule has 0 bridgehead atoms. The summed E-state index contributed by atoms with van der Waals surface area (Å²) in [7, 11) is 0. The van der Waals surface area contributed by atoms with E-state index in [-0.39, 0.29) is 6.10 Å². The summed E-state index contributed by atoms with van der Waals surface area (Å²) in [6, 6.07) is 8.40. The van der Waals surface area contributed by atoms with Gasteiger partial charge in [0.1, 0.15) is 0 Å². The van der Waals surface area contributed by atoms with E-state index < -0.39 is 0 Å². The molecule has 0 aromatic heterocycles. The fourth-order valence-electron chi connectivity index (χ4n) is 1.73. The number of aliphatic hydroxyl groups excluding tert-OH is 1. The molecule has 1 fully saturated rings. The Bertz CT molecular complexity index is 289. The van der Waals surface area contributed by atoms with Crippen LogP contribution in [0.3, 0.4) is 0 Å². The van der Waals surface area contributed by atoms with Gasteiger partial charge < -0.3 is 5.11 Å². The molecule has 0 radical (unpaired) electrons. The summed E-state index contributed by atoms with van der Waals surface area (Å²) in [6.07, 6.45) is 3.15. The maximum absolute atomic E-state index is 9.73. The van der Waals surface area contributed by atoms with Gasteiger partial charge in [-0.2, -0.15) is 0 Å². The predicted octanol–water partition coefficient (Wildman–Crippen LogP) is 2.31. The van der Waals surface area contributed by atoms with Gasteiger partial charge in [0.05, 0.1) is 6.10 Å². The molecule has 1 nitrogen and oxygen atoms in total. The van der Waals surface area contributed by atoms with Crippen molar-refractivity contribution in [2.75, 3.05) is 0 Å². The Morgan fingerprint density at radius 3 is 2.85 bits per heavy atom. The van der Waals surface area contributed by atoms with Crippen molar-refractivity contribution in [3.63, 3.8) is 0 Å². The van der Waals surface area contributed by atoms with Gasteiger partial charge in [0.2, 0.25) is 0 Å². The standard InChI is InChI=1S/C12H16O/c1-9-3-2-4-10(7-9)8-12(13)11-5-6-11/h2-4,7,11-13H,5-6,8H2,1H3. The fourth-order valence-corrected chi connectivity index (χ4v) is 1.73. The van der Waals surface area contributed by atoms with Crippen molar-refractivity contribution in [3.05, 3.63) is 35.4 Å². The average Bonchev–Trinajstić information content (AvgIpc) is 2.85. The molecule has 0 amide bonds. The van der Waals surface area contributed by atoms with Crippen LogP contribution in [-0.4, -0.2) is 11.2 Å². The molecule has 1 saturated carbocycles. The van der Waals surface area contributed by atoms with Crippen molar-refractivity contribution in [2.24, 2.45) is 5.92 Å². The van der Waals surface area contributed by atoms with Crippen LogP contribution in [0, 0.1) is 12.8 Å². The Morgan fingerprint density at radius 2 is 2.23 bits per heavy atom. The second-order valence-corrected chi connectivity index (χ2v) is 4.10. The Kier molecular flexibility index (Phi) is 2.36. The van der Waals surface area contributed by atoms with Crippen molar-refractivity contribution in [2.45, 2.75) is 32.3 Å². The quantitative estimate of drug-likeness (QED) is 0.749. The van der Waals surface area contributed by atoms with Gasteiger partial charge in [0, 0.05) is 0 Å². The molecule has 1 aliphatic carbocycles. The Hall–Kier alpha value is -0.820. The topological polar surface area (TPSA) is 20.2 Å². The van der Waals surface area contributed by atoms with E-state index in [1.807, 2.05) is 0 Å². The lowest BCUT2D eigenvalue weighted by molar-refractivity contribution is 0.151. The molecule has 1 N–H and O–H groups in total. The van der Waals surface area contributed by atoms with E-state index in [1.54, 1.807) is 0 Å². The molecular formula is C12H16O. The molecule has 1 aromatic carbocycles. The number of benzene rings is 1. The number of aliphatic hydroxyl groups is 1. The summed E-state index contributed by atoms with van der Waals surface area (Å²) in [5, 5.41) is 9.73. The molecule has 1 aromatic rings. The van der Waals surface area contributed by atoms with Crippen molar-refractivity contribution in [3.8, 4) is 0 Å². The monoisotopic (exact) mass is 176 g/mol. The lowest BCUT2D eigenvalue weighted by Gasteiger charge is -2.09. The molecule has 2 rings (SSSR count). The van der Waals surface area contributed by atoms with Crippen LogP contribution in [0.2, 0.25) is 0 Å². The summed E-state index contributed by atoms with van der Waals surface area (Å²) in [4.78, 5) is 0. The van der Waals surface area contributed by atoms with Crippen molar-refractivity contribution >= 4 is 0 Å². The van der Waals surface area contributed by atoms with Crippen LogP contribution in [0.25, 0.3) is 0 Å². The lowest BCUT2D eigenvalue weighted by Crippen LogP contribution is -2.12. The van der Waals surface area contributed by atoms with Gasteiger partial charge in [-0.25, -0.2) is 0 Å². The Balaban J connectivity index is 2.00. The van der Waals surface area contributed by atoms with Gasteiger partial charge in [0.25, 0.3) is 0 Å². The number of hydrogen-bond acceptors (Lipinski definition) is 1. The van der Waals surface area contributed by atoms with Crippen LogP contribution in [0.5, 0.6) is 0 Å². The van der Waals surface area contributed by atoms with Crippen LogP contribution in [-0.2, 0) is 6.42 Å². The first-order valence-electron chi connectivity index (χ1n) is 4.99. The normalized spacial score (nSPS) is 18.6. The lowest BCUT2D eigenvalue weighted by atomic mass is 10.0. The smallest absolute Gasteiger partial charge is 0.0608 e. The molecule has 0 saturated heterocycles. The minimum absolute atomic E-state index is 0.109. The van der Waals surface area contributed by atoms with E-state index in [4.69, 9.17) is 0 Å². The Morgan fingerprint density at radius 1 is 1.46 bits per heavy atom. The summed E-state index contributed by atoms with van der Waals surface area (Å²) in [5.41, 5.74) is 2.54. The molecule has 1 unspecified atom stereocenters. The van der Waals surface area contributed by atoms with Crippen LogP contribution in [0.4, 0.5) is 0 Å². The molecule has 1 atom stereocenters. The molecule has 0 aliphatic heterocycles. The van der Waals surface area contributed by atoms with Crippen LogP contribution in [0.1, 0.15) is 24.0 Å². The van der Waals surface area contributed by atoms with Gasteiger partial charge >= 0.3 is 0 Å². The van der Waals surface area contributed by atoms with Gasteiger partial charge in [-0.15, -0.1) is 0 Å². The van der Waals surface area contributed by atoms with E-state index in [0.29, 0.717) is 5.92 Å². The molecule has 13 heavy (non-hydrogen) atoms. The zero-order valence-electron chi connectivity index (χ0n) is 8.03. The largest absolute Gasteiger partial charge is 0.392 e. The van der Waals surface area contributed by atoms with E-state index in [9.17, 15) is 5.11 Å². The third-order valence-electron chi connectivity index (χ3n) is 2.69. The van der Waals surface area contributed by atoms with Crippen LogP contribution >= 0.6 is 0 Å². The van der Waals surface area contributed by atoms with Gasteiger partial charge in [0.15, 0.2) is 0 Å². The molecular weight excluding hydrogens is 160 g/mol. The van der Waals surface area contributed by atoms with Crippen molar-refractivity contribution in [1.82, 2.24) is 0 Å². The minimum atomic E-state index is -0.109. The second kappa shape index (κ2) is 3.51. The highest BCUT2D eigenvalue weighted by Gasteiger charge is 2.29. The van der Waals surface area contributed by atoms with Crippen molar-refractivity contribution in [1.29, 1.82) is 0 Å². The summed E-state index contributed by atoms with van der Waals surface area (Å²) in [5.74, 6) is 0.584. The third kappa shape index (κ3) is 2.31. The highest BCUT2D eigenvalue weighted by atomic mass is 16.3. The average molecular weight is 176 g/mol. The van der Waals surface area contributed by atoms with Crippen LogP contribution in [0.15, 0.2) is 24.3 Å². The predicted molar refractivity (Wildman–Crippen MR) is 53.6 cm³/mol. The number of aryl methyl sites for hydroxylation is 1. The van der Waals surface area contributed by atoms with Gasteiger partial charge in [-0.1, -0.05) is 29.8 Å². The fraction of sp³-hybridized carbons (Fsp3) is 0.500. The first-order valence-corrected chi connectivity index (χ1v) is 4.99. The zero-order valence-corrected chi connectivity index (χ0v) is 8.03. The first-order chi connectivity index (χ1) is 6.25. The van der Waals surface area contributed by atoms with E-state index in [2.05, 4.69) is 31.2 Å². The number of rotatable bonds is 3. The molecule has 70 valence electrons. The number of hydrogen-bond donors (Lipinski definition) is 1. The van der Waals surface area contributed by atoms with E-state index >= 15 is 0 Å². The second-order valence-electron chi connectivity index (χ2n) is 4.10. The molecule has 0 heterocycles. The molecule has 0 spiro atoms. The van der Waals surface area contributed by atoms with Crippen molar-refractivity contribution < 1.29 is 5.11 Å². The maximum atomic E-state index is 9.73. The SMILES string of the molecule is Cc1cccc(CC(O)C2CC2)c1.